The molecule has 1 aliphatic heterocycles. The number of halogens is 5. The molecule has 0 aromatic heterocycles. The van der Waals surface area contributed by atoms with Crippen LogP contribution in [0, 0.1) is 11.7 Å². The summed E-state index contributed by atoms with van der Waals surface area (Å²) >= 11 is 5.61. The minimum Gasteiger partial charge on any atom is -0.326 e. The van der Waals surface area contributed by atoms with Gasteiger partial charge in [-0.05, 0) is 55.3 Å². The molecule has 2 aromatic carbocycles. The molecular formula is C20H19ClF4N2O. The first-order valence-corrected chi connectivity index (χ1v) is 9.24. The lowest BCUT2D eigenvalue weighted by Gasteiger charge is -2.32. The van der Waals surface area contributed by atoms with E-state index in [0.717, 1.165) is 30.7 Å². The van der Waals surface area contributed by atoms with E-state index in [2.05, 4.69) is 10.2 Å². The van der Waals surface area contributed by atoms with Crippen LogP contribution in [0.4, 0.5) is 23.2 Å². The van der Waals surface area contributed by atoms with Crippen molar-refractivity contribution in [3.63, 3.8) is 0 Å². The number of hydrogen-bond acceptors (Lipinski definition) is 2. The van der Waals surface area contributed by atoms with Crippen molar-refractivity contribution in [2.75, 3.05) is 18.4 Å². The van der Waals surface area contributed by atoms with Gasteiger partial charge in [0.05, 0.1) is 16.5 Å². The molecule has 1 saturated heterocycles. The number of anilines is 1. The second-order valence-electron chi connectivity index (χ2n) is 6.88. The van der Waals surface area contributed by atoms with E-state index in [9.17, 15) is 22.4 Å². The molecule has 0 saturated carbocycles. The predicted octanol–water partition coefficient (Wildman–Crippen LogP) is 5.35. The smallest absolute Gasteiger partial charge is 0.326 e. The Morgan fingerprint density at radius 3 is 2.57 bits per heavy atom. The molecule has 28 heavy (non-hydrogen) atoms. The van der Waals surface area contributed by atoms with Gasteiger partial charge < -0.3 is 5.32 Å². The average molecular weight is 415 g/mol. The number of nitrogens with one attached hydrogen (secondary N) is 1. The third kappa shape index (κ3) is 5.23. The van der Waals surface area contributed by atoms with Crippen molar-refractivity contribution in [2.45, 2.75) is 25.6 Å². The first-order chi connectivity index (χ1) is 13.2. The van der Waals surface area contributed by atoms with Gasteiger partial charge in [0.1, 0.15) is 5.82 Å². The molecule has 0 unspecified atom stereocenters. The molecule has 1 fully saturated rings. The maximum absolute atomic E-state index is 13.0. The second-order valence-corrected chi connectivity index (χ2v) is 7.29. The molecule has 2 aromatic rings. The zero-order valence-electron chi connectivity index (χ0n) is 14.9. The zero-order chi connectivity index (χ0) is 20.3. The average Bonchev–Trinajstić information content (AvgIpc) is 2.64. The molecule has 3 rings (SSSR count). The van der Waals surface area contributed by atoms with Crippen LogP contribution < -0.4 is 5.32 Å². The van der Waals surface area contributed by atoms with Crippen LogP contribution >= 0.6 is 11.6 Å². The fourth-order valence-corrected chi connectivity index (χ4v) is 3.55. The van der Waals surface area contributed by atoms with Gasteiger partial charge >= 0.3 is 6.18 Å². The van der Waals surface area contributed by atoms with E-state index in [-0.39, 0.29) is 23.3 Å². The van der Waals surface area contributed by atoms with Gasteiger partial charge in [-0.1, -0.05) is 23.7 Å². The normalized spacial score (nSPS) is 18.1. The molecule has 1 heterocycles. The summed E-state index contributed by atoms with van der Waals surface area (Å²) in [6.07, 6.45) is -3.13. The van der Waals surface area contributed by atoms with E-state index in [4.69, 9.17) is 11.6 Å². The van der Waals surface area contributed by atoms with E-state index < -0.39 is 16.8 Å². The number of carbonyl (C=O) groups excluding carboxylic acids is 1. The Balaban J connectivity index is 1.63. The van der Waals surface area contributed by atoms with Gasteiger partial charge in [-0.15, -0.1) is 0 Å². The van der Waals surface area contributed by atoms with Crippen molar-refractivity contribution in [1.82, 2.24) is 4.90 Å². The Labute approximate surface area is 165 Å². The molecule has 0 aliphatic carbocycles. The van der Waals surface area contributed by atoms with Crippen molar-refractivity contribution < 1.29 is 22.4 Å². The summed E-state index contributed by atoms with van der Waals surface area (Å²) in [6, 6.07) is 9.51. The number of carbonyl (C=O) groups is 1. The number of benzene rings is 2. The van der Waals surface area contributed by atoms with Gasteiger partial charge in [0, 0.05) is 18.8 Å². The summed E-state index contributed by atoms with van der Waals surface area (Å²) in [5, 5.41) is 2.16. The van der Waals surface area contributed by atoms with E-state index >= 15 is 0 Å². The Bertz CT molecular complexity index is 839. The minimum atomic E-state index is -4.59. The summed E-state index contributed by atoms with van der Waals surface area (Å²) in [5.74, 6) is -0.959. The quantitative estimate of drug-likeness (QED) is 0.684. The van der Waals surface area contributed by atoms with Gasteiger partial charge in [-0.3, -0.25) is 9.69 Å². The number of hydrogen-bond donors (Lipinski definition) is 1. The SMILES string of the molecule is O=C(Nc1ccc(Cl)c(C(F)(F)F)c1)[C@H]1CCCN(Cc2ccc(F)cc2)C1. The van der Waals surface area contributed by atoms with E-state index in [1.54, 1.807) is 12.1 Å². The Morgan fingerprint density at radius 2 is 1.89 bits per heavy atom. The van der Waals surface area contributed by atoms with Crippen LogP contribution in [-0.4, -0.2) is 23.9 Å². The zero-order valence-corrected chi connectivity index (χ0v) is 15.7. The van der Waals surface area contributed by atoms with Crippen molar-refractivity contribution >= 4 is 23.2 Å². The minimum absolute atomic E-state index is 0.0670. The fourth-order valence-electron chi connectivity index (χ4n) is 3.33. The maximum atomic E-state index is 13.0. The highest BCUT2D eigenvalue weighted by Gasteiger charge is 2.34. The third-order valence-electron chi connectivity index (χ3n) is 4.74. The Kier molecular flexibility index (Phi) is 6.25. The Morgan fingerprint density at radius 1 is 1.18 bits per heavy atom. The molecule has 1 atom stereocenters. The first kappa shape index (κ1) is 20.6. The lowest BCUT2D eigenvalue weighted by Crippen LogP contribution is -2.40. The highest BCUT2D eigenvalue weighted by atomic mass is 35.5. The van der Waals surface area contributed by atoms with Gasteiger partial charge in [-0.2, -0.15) is 13.2 Å². The van der Waals surface area contributed by atoms with E-state index in [1.165, 1.54) is 18.2 Å². The van der Waals surface area contributed by atoms with Gasteiger partial charge in [0.2, 0.25) is 5.91 Å². The second kappa shape index (κ2) is 8.49. The van der Waals surface area contributed by atoms with Crippen LogP contribution in [0.15, 0.2) is 42.5 Å². The summed E-state index contributed by atoms with van der Waals surface area (Å²) < 4.78 is 52.0. The number of rotatable bonds is 4. The molecular weight excluding hydrogens is 396 g/mol. The fraction of sp³-hybridized carbons (Fsp3) is 0.350. The summed E-state index contributed by atoms with van der Waals surface area (Å²) in [4.78, 5) is 14.6. The van der Waals surface area contributed by atoms with Gasteiger partial charge in [0.25, 0.3) is 0 Å². The largest absolute Gasteiger partial charge is 0.417 e. The number of amides is 1. The third-order valence-corrected chi connectivity index (χ3v) is 5.06. The highest BCUT2D eigenvalue weighted by Crippen LogP contribution is 2.36. The molecule has 1 aliphatic rings. The Hall–Kier alpha value is -2.12. The van der Waals surface area contributed by atoms with Crippen LogP contribution in [0.2, 0.25) is 5.02 Å². The van der Waals surface area contributed by atoms with E-state index in [1.807, 2.05) is 0 Å². The molecule has 0 spiro atoms. The van der Waals surface area contributed by atoms with Crippen LogP contribution in [0.25, 0.3) is 0 Å². The first-order valence-electron chi connectivity index (χ1n) is 8.87. The van der Waals surface area contributed by atoms with Crippen LogP contribution in [0.1, 0.15) is 24.0 Å². The summed E-state index contributed by atoms with van der Waals surface area (Å²) in [7, 11) is 0. The van der Waals surface area contributed by atoms with Crippen LogP contribution in [0.5, 0.6) is 0 Å². The number of likely N-dealkylation sites (tertiary alicyclic amines) is 1. The molecule has 1 amide bonds. The van der Waals surface area contributed by atoms with Crippen LogP contribution in [0.3, 0.4) is 0 Å². The molecule has 1 N–H and O–H groups in total. The molecule has 0 bridgehead atoms. The van der Waals surface area contributed by atoms with Crippen molar-refractivity contribution in [1.29, 1.82) is 0 Å². The van der Waals surface area contributed by atoms with Gasteiger partial charge in [-0.25, -0.2) is 4.39 Å². The number of piperidine rings is 1. The maximum Gasteiger partial charge on any atom is 0.417 e. The topological polar surface area (TPSA) is 32.3 Å². The monoisotopic (exact) mass is 414 g/mol. The lowest BCUT2D eigenvalue weighted by atomic mass is 9.96. The lowest BCUT2D eigenvalue weighted by molar-refractivity contribution is -0.137. The summed E-state index contributed by atoms with van der Waals surface area (Å²) in [6.45, 7) is 1.88. The van der Waals surface area contributed by atoms with Crippen LogP contribution in [-0.2, 0) is 17.5 Å². The van der Waals surface area contributed by atoms with Crippen molar-refractivity contribution in [3.8, 4) is 0 Å². The molecule has 0 radical (unpaired) electrons. The number of nitrogens with zero attached hydrogens (tertiary/aromatic N) is 1. The molecule has 3 nitrogen and oxygen atoms in total. The summed E-state index contributed by atoms with van der Waals surface area (Å²) in [5.41, 5.74) is 0.0286. The highest BCUT2D eigenvalue weighted by molar-refractivity contribution is 6.31. The number of alkyl halides is 3. The molecule has 150 valence electrons. The molecule has 8 heteroatoms. The van der Waals surface area contributed by atoms with Crippen molar-refractivity contribution in [3.05, 3.63) is 64.4 Å². The van der Waals surface area contributed by atoms with Crippen molar-refractivity contribution in [2.24, 2.45) is 5.92 Å². The van der Waals surface area contributed by atoms with Gasteiger partial charge in [0.15, 0.2) is 0 Å². The van der Waals surface area contributed by atoms with E-state index in [0.29, 0.717) is 19.5 Å². The predicted molar refractivity (Wildman–Crippen MR) is 99.5 cm³/mol. The standard InChI is InChI=1S/C20H19ClF4N2O/c21-18-8-7-16(10-17(18)20(23,24)25)26-19(28)14-2-1-9-27(12-14)11-13-3-5-15(22)6-4-13/h3-8,10,14H,1-2,9,11-12H2,(H,26,28)/t14-/m0/s1.